The second-order valence-corrected chi connectivity index (χ2v) is 10.4. The highest BCUT2D eigenvalue weighted by Gasteiger charge is 2.32. The van der Waals surface area contributed by atoms with Gasteiger partial charge >= 0.3 is 0 Å². The van der Waals surface area contributed by atoms with Gasteiger partial charge in [0.2, 0.25) is 0 Å². The largest absolute Gasteiger partial charge is 0.378 e. The number of hydrogen-bond acceptors (Lipinski definition) is 8. The molecular formula is C29H38N8O2. The van der Waals surface area contributed by atoms with E-state index in [1.54, 1.807) is 25.7 Å². The standard InChI is InChI=1S/C29H38N8O2/c1-6-35(7-2)20(3)16-31-28(38)21-14-25(33-26(15-21)36-18-23(19-36)39-5)24-17-32-37-13-10-29(4,34-27(24)37)22-8-11-30-12-9-22/h8-15,17,20,23,34H,6-7,16,18-19H2,1-5H3,(H,31,38)/t20-,29?/m0/s1. The molecule has 0 spiro atoms. The zero-order chi connectivity index (χ0) is 27.6. The Kier molecular flexibility index (Phi) is 7.67. The third kappa shape index (κ3) is 5.39. The summed E-state index contributed by atoms with van der Waals surface area (Å²) in [5.41, 5.74) is 2.73. The van der Waals surface area contributed by atoms with Crippen molar-refractivity contribution >= 4 is 23.7 Å². The van der Waals surface area contributed by atoms with Gasteiger partial charge in [0, 0.05) is 56.9 Å². The number of nitrogens with one attached hydrogen (secondary N) is 2. The van der Waals surface area contributed by atoms with Gasteiger partial charge in [-0.2, -0.15) is 5.10 Å². The lowest BCUT2D eigenvalue weighted by molar-refractivity contribution is 0.0783. The van der Waals surface area contributed by atoms with Crippen molar-refractivity contribution in [3.05, 3.63) is 60.1 Å². The number of carbonyl (C=O) groups excluding carboxylic acids is 1. The van der Waals surface area contributed by atoms with Crippen molar-refractivity contribution in [2.24, 2.45) is 0 Å². The van der Waals surface area contributed by atoms with Crippen molar-refractivity contribution in [3.63, 3.8) is 0 Å². The van der Waals surface area contributed by atoms with E-state index in [1.165, 1.54) is 0 Å². The fraction of sp³-hybridized carbons (Fsp3) is 0.448. The molecule has 206 valence electrons. The third-order valence-corrected chi connectivity index (χ3v) is 7.85. The van der Waals surface area contributed by atoms with Crippen LogP contribution in [0.2, 0.25) is 0 Å². The molecule has 1 unspecified atom stereocenters. The first-order chi connectivity index (χ1) is 18.8. The molecule has 0 aromatic carbocycles. The summed E-state index contributed by atoms with van der Waals surface area (Å²) in [6.07, 6.45) is 9.59. The van der Waals surface area contributed by atoms with E-state index in [0.717, 1.165) is 48.9 Å². The molecule has 1 saturated heterocycles. The highest BCUT2D eigenvalue weighted by molar-refractivity contribution is 5.96. The molecule has 3 aromatic heterocycles. The first-order valence-electron chi connectivity index (χ1n) is 13.6. The second kappa shape index (κ2) is 11.2. The Labute approximate surface area is 230 Å². The second-order valence-electron chi connectivity index (χ2n) is 10.4. The number of carbonyl (C=O) groups is 1. The number of ether oxygens (including phenoxy) is 1. The molecule has 2 N–H and O–H groups in total. The van der Waals surface area contributed by atoms with Crippen LogP contribution in [0.4, 0.5) is 11.6 Å². The maximum absolute atomic E-state index is 13.4. The molecule has 1 amide bonds. The number of hydrogen-bond donors (Lipinski definition) is 2. The van der Waals surface area contributed by atoms with Crippen LogP contribution in [-0.2, 0) is 10.3 Å². The average Bonchev–Trinajstić information content (AvgIpc) is 3.35. The van der Waals surface area contributed by atoms with Crippen molar-refractivity contribution in [3.8, 4) is 11.3 Å². The maximum atomic E-state index is 13.4. The first kappa shape index (κ1) is 26.8. The number of nitrogens with zero attached hydrogens (tertiary/aromatic N) is 6. The fourth-order valence-electron chi connectivity index (χ4n) is 5.20. The minimum atomic E-state index is -0.449. The summed E-state index contributed by atoms with van der Waals surface area (Å²) in [4.78, 5) is 27.0. The van der Waals surface area contributed by atoms with E-state index in [1.807, 2.05) is 35.1 Å². The molecule has 0 radical (unpaired) electrons. The summed E-state index contributed by atoms with van der Waals surface area (Å²) >= 11 is 0. The normalized spacial score (nSPS) is 19.4. The summed E-state index contributed by atoms with van der Waals surface area (Å²) in [7, 11) is 1.72. The van der Waals surface area contributed by atoms with E-state index in [9.17, 15) is 4.79 Å². The summed E-state index contributed by atoms with van der Waals surface area (Å²) in [6, 6.07) is 7.97. The molecule has 2 aliphatic rings. The Morgan fingerprint density at radius 1 is 1.26 bits per heavy atom. The number of amides is 1. The van der Waals surface area contributed by atoms with E-state index in [0.29, 0.717) is 17.8 Å². The van der Waals surface area contributed by atoms with Crippen LogP contribution in [0, 0.1) is 0 Å². The third-order valence-electron chi connectivity index (χ3n) is 7.85. The van der Waals surface area contributed by atoms with Gasteiger partial charge < -0.3 is 20.3 Å². The van der Waals surface area contributed by atoms with Crippen molar-refractivity contribution in [1.82, 2.24) is 30.0 Å². The smallest absolute Gasteiger partial charge is 0.251 e. The Morgan fingerprint density at radius 2 is 2.00 bits per heavy atom. The molecule has 1 fully saturated rings. The van der Waals surface area contributed by atoms with Crippen LogP contribution in [0.15, 0.2) is 48.9 Å². The van der Waals surface area contributed by atoms with E-state index in [2.05, 4.69) is 64.3 Å². The number of anilines is 2. The summed E-state index contributed by atoms with van der Waals surface area (Å²) in [5, 5.41) is 11.4. The summed E-state index contributed by atoms with van der Waals surface area (Å²) < 4.78 is 7.29. The number of fused-ring (bicyclic) bond motifs is 1. The minimum Gasteiger partial charge on any atom is -0.378 e. The number of aromatic nitrogens is 4. The van der Waals surface area contributed by atoms with Gasteiger partial charge in [0.05, 0.1) is 29.1 Å². The van der Waals surface area contributed by atoms with Crippen LogP contribution in [0.1, 0.15) is 43.6 Å². The molecule has 2 atom stereocenters. The molecular weight excluding hydrogens is 492 g/mol. The number of rotatable bonds is 10. The van der Waals surface area contributed by atoms with E-state index >= 15 is 0 Å². The van der Waals surface area contributed by atoms with Crippen LogP contribution in [0.5, 0.6) is 0 Å². The molecule has 0 bridgehead atoms. The zero-order valence-corrected chi connectivity index (χ0v) is 23.4. The Hall–Kier alpha value is -3.76. The van der Waals surface area contributed by atoms with Crippen LogP contribution in [0.25, 0.3) is 17.5 Å². The van der Waals surface area contributed by atoms with Gasteiger partial charge in [-0.3, -0.25) is 14.7 Å². The van der Waals surface area contributed by atoms with Crippen molar-refractivity contribution in [2.45, 2.75) is 45.4 Å². The highest BCUT2D eigenvalue weighted by atomic mass is 16.5. The van der Waals surface area contributed by atoms with E-state index < -0.39 is 5.54 Å². The number of likely N-dealkylation sites (N-methyl/N-ethyl adjacent to an activating group) is 1. The predicted octanol–water partition coefficient (Wildman–Crippen LogP) is 3.45. The Morgan fingerprint density at radius 3 is 2.69 bits per heavy atom. The van der Waals surface area contributed by atoms with Crippen molar-refractivity contribution in [1.29, 1.82) is 0 Å². The Balaban J connectivity index is 1.46. The van der Waals surface area contributed by atoms with Crippen LogP contribution >= 0.6 is 0 Å². The zero-order valence-electron chi connectivity index (χ0n) is 23.4. The molecule has 5 rings (SSSR count). The SMILES string of the molecule is CCN(CC)[C@@H](C)CNC(=O)c1cc(-c2cnn3c2NC(C)(c2ccncc2)C=C3)nc(N2CC(OC)C2)c1. The summed E-state index contributed by atoms with van der Waals surface area (Å²) in [6.45, 7) is 12.5. The molecule has 39 heavy (non-hydrogen) atoms. The molecule has 5 heterocycles. The van der Waals surface area contributed by atoms with Gasteiger partial charge in [-0.1, -0.05) is 13.8 Å². The van der Waals surface area contributed by atoms with Gasteiger partial charge in [0.25, 0.3) is 5.91 Å². The maximum Gasteiger partial charge on any atom is 0.251 e. The topological polar surface area (TPSA) is 100 Å². The quantitative estimate of drug-likeness (QED) is 0.411. The van der Waals surface area contributed by atoms with Gasteiger partial charge in [-0.25, -0.2) is 9.67 Å². The minimum absolute atomic E-state index is 0.113. The molecule has 2 aliphatic heterocycles. The molecule has 0 aliphatic carbocycles. The van der Waals surface area contributed by atoms with Crippen molar-refractivity contribution in [2.75, 3.05) is 50.1 Å². The number of methoxy groups -OCH3 is 1. The van der Waals surface area contributed by atoms with Gasteiger partial charge in [-0.15, -0.1) is 0 Å². The van der Waals surface area contributed by atoms with Crippen LogP contribution in [0.3, 0.4) is 0 Å². The van der Waals surface area contributed by atoms with E-state index in [-0.39, 0.29) is 18.1 Å². The highest BCUT2D eigenvalue weighted by Crippen LogP contribution is 2.37. The van der Waals surface area contributed by atoms with Gasteiger partial charge in [-0.05, 0) is 62.8 Å². The lowest BCUT2D eigenvalue weighted by Crippen LogP contribution is -2.52. The Bertz CT molecular complexity index is 1330. The van der Waals surface area contributed by atoms with Gasteiger partial charge in [0.1, 0.15) is 11.6 Å². The molecule has 10 nitrogen and oxygen atoms in total. The van der Waals surface area contributed by atoms with Crippen molar-refractivity contribution < 1.29 is 9.53 Å². The van der Waals surface area contributed by atoms with Crippen LogP contribution in [-0.4, -0.2) is 82.5 Å². The summed E-state index contributed by atoms with van der Waals surface area (Å²) in [5.74, 6) is 1.46. The lowest BCUT2D eigenvalue weighted by atomic mass is 9.91. The lowest BCUT2D eigenvalue weighted by Gasteiger charge is -2.39. The van der Waals surface area contributed by atoms with Crippen LogP contribution < -0.4 is 15.5 Å². The predicted molar refractivity (Wildman–Crippen MR) is 154 cm³/mol. The van der Waals surface area contributed by atoms with Gasteiger partial charge in [0.15, 0.2) is 0 Å². The monoisotopic (exact) mass is 530 g/mol. The molecule has 3 aromatic rings. The average molecular weight is 531 g/mol. The number of pyridine rings is 2. The first-order valence-corrected chi connectivity index (χ1v) is 13.6. The molecule has 10 heteroatoms. The fourth-order valence-corrected chi connectivity index (χ4v) is 5.20. The van der Waals surface area contributed by atoms with E-state index in [4.69, 9.17) is 9.72 Å². The molecule has 0 saturated carbocycles.